The summed E-state index contributed by atoms with van der Waals surface area (Å²) in [6.45, 7) is 0. The molecule has 178 valence electrons. The predicted molar refractivity (Wildman–Crippen MR) is 113 cm³/mol. The molecule has 2 unspecified atom stereocenters. The van der Waals surface area contributed by atoms with Crippen molar-refractivity contribution in [1.82, 2.24) is 0 Å². The summed E-state index contributed by atoms with van der Waals surface area (Å²) in [5.74, 6) is -11.1. The molecule has 0 aliphatic heterocycles. The second kappa shape index (κ2) is 9.44. The van der Waals surface area contributed by atoms with Crippen LogP contribution in [0, 0.1) is 0 Å². The van der Waals surface area contributed by atoms with Gasteiger partial charge in [0.1, 0.15) is 0 Å². The molecule has 0 fully saturated rings. The molecule has 0 amide bonds. The first-order valence-corrected chi connectivity index (χ1v) is 9.15. The van der Waals surface area contributed by atoms with Crippen molar-refractivity contribution in [2.24, 2.45) is 0 Å². The molecule has 2 aromatic carbocycles. The normalized spacial score (nSPS) is 15.0. The molecule has 2 rings (SSSR count). The summed E-state index contributed by atoms with van der Waals surface area (Å²) >= 11 is 0. The number of aliphatic carboxylic acids is 2. The molecule has 12 nitrogen and oxygen atoms in total. The summed E-state index contributed by atoms with van der Waals surface area (Å²) in [6.07, 6.45) is 2.39. The van der Waals surface area contributed by atoms with E-state index < -0.39 is 57.7 Å². The first-order chi connectivity index (χ1) is 15.7. The predicted octanol–water partition coefficient (Wildman–Crippen LogP) is 0.00520. The quantitative estimate of drug-likeness (QED) is 0.136. The van der Waals surface area contributed by atoms with E-state index in [4.69, 9.17) is 0 Å². The second-order valence-corrected chi connectivity index (χ2v) is 6.92. The van der Waals surface area contributed by atoms with Crippen LogP contribution in [0.25, 0.3) is 12.2 Å². The Labute approximate surface area is 190 Å². The number of carboxylic acid groups (broad SMARTS) is 2. The van der Waals surface area contributed by atoms with Crippen LogP contribution in [0.15, 0.2) is 48.6 Å². The number of carbonyl (C=O) groups is 4. The highest BCUT2D eigenvalue weighted by Crippen LogP contribution is 2.30. The zero-order valence-corrected chi connectivity index (χ0v) is 17.0. The van der Waals surface area contributed by atoms with Gasteiger partial charge >= 0.3 is 11.9 Å². The van der Waals surface area contributed by atoms with Crippen molar-refractivity contribution in [2.45, 2.75) is 11.2 Å². The molecule has 34 heavy (non-hydrogen) atoms. The van der Waals surface area contributed by atoms with Crippen molar-refractivity contribution < 1.29 is 60.0 Å². The maximum absolute atomic E-state index is 12.6. The summed E-state index contributed by atoms with van der Waals surface area (Å²) in [4.78, 5) is 48.6. The summed E-state index contributed by atoms with van der Waals surface area (Å²) in [5, 5.41) is 77.4. The fourth-order valence-corrected chi connectivity index (χ4v) is 2.75. The zero-order valence-electron chi connectivity index (χ0n) is 17.0. The number of aliphatic hydroxyl groups is 2. The van der Waals surface area contributed by atoms with E-state index in [1.165, 1.54) is 12.1 Å². The lowest BCUT2D eigenvalue weighted by atomic mass is 9.76. The van der Waals surface area contributed by atoms with Gasteiger partial charge in [0, 0.05) is 0 Å². The van der Waals surface area contributed by atoms with Crippen LogP contribution in [-0.4, -0.2) is 75.6 Å². The molecule has 0 aromatic heterocycles. The Hall–Kier alpha value is -4.68. The van der Waals surface area contributed by atoms with Gasteiger partial charge in [-0.15, -0.1) is 0 Å². The maximum atomic E-state index is 12.6. The third kappa shape index (κ3) is 4.57. The summed E-state index contributed by atoms with van der Waals surface area (Å²) in [6, 6.07) is 6.27. The fourth-order valence-electron chi connectivity index (χ4n) is 2.75. The molecule has 0 spiro atoms. The molecule has 0 heterocycles. The summed E-state index contributed by atoms with van der Waals surface area (Å²) in [5.41, 5.74) is -8.36. The molecule has 2 atom stereocenters. The first-order valence-electron chi connectivity index (χ1n) is 9.15. The first kappa shape index (κ1) is 25.6. The molecule has 0 saturated carbocycles. The van der Waals surface area contributed by atoms with Crippen LogP contribution < -0.4 is 0 Å². The molecule has 2 aromatic rings. The SMILES string of the molecule is O=C(O)C(O)(C(=O)C=Cc1ccc(O)c(O)c1)C(O)(C(=O)O)C(=O)C=Cc1ccc(O)c(O)c1. The van der Waals surface area contributed by atoms with Gasteiger partial charge in [-0.3, -0.25) is 9.59 Å². The second-order valence-electron chi connectivity index (χ2n) is 6.92. The molecule has 0 aliphatic rings. The van der Waals surface area contributed by atoms with Crippen LogP contribution in [-0.2, 0) is 19.2 Å². The number of phenolic OH excluding ortho intramolecular Hbond substituents is 4. The van der Waals surface area contributed by atoms with Gasteiger partial charge in [0.25, 0.3) is 11.2 Å². The third-order valence-corrected chi connectivity index (χ3v) is 4.71. The molecule has 0 bridgehead atoms. The minimum atomic E-state index is -4.19. The molecule has 8 N–H and O–H groups in total. The molecule has 0 aliphatic carbocycles. The highest BCUT2D eigenvalue weighted by atomic mass is 16.5. The van der Waals surface area contributed by atoms with Gasteiger partial charge in [-0.25, -0.2) is 9.59 Å². The molecular weight excluding hydrogens is 456 g/mol. The number of ketones is 2. The number of phenols is 4. The monoisotopic (exact) mass is 474 g/mol. The smallest absolute Gasteiger partial charge is 0.348 e. The average molecular weight is 474 g/mol. The van der Waals surface area contributed by atoms with Gasteiger partial charge in [-0.1, -0.05) is 24.3 Å². The van der Waals surface area contributed by atoms with Crippen molar-refractivity contribution in [1.29, 1.82) is 0 Å². The summed E-state index contributed by atoms with van der Waals surface area (Å²) < 4.78 is 0. The van der Waals surface area contributed by atoms with Gasteiger partial charge in [0.05, 0.1) is 0 Å². The van der Waals surface area contributed by atoms with Crippen molar-refractivity contribution >= 4 is 35.7 Å². The number of aromatic hydroxyl groups is 4. The van der Waals surface area contributed by atoms with Crippen LogP contribution in [0.4, 0.5) is 0 Å². The standard InChI is InChI=1S/C22H18O12/c23-13-5-1-11(9-15(13)25)3-7-17(27)21(33,19(29)30)22(34,20(31)32)18(28)8-4-12-2-6-14(24)16(26)10-12/h1-10,23-26,33-34H,(H,29,30)(H,31,32). The van der Waals surface area contributed by atoms with Crippen molar-refractivity contribution in [2.75, 3.05) is 0 Å². The Morgan fingerprint density at radius 1 is 0.588 bits per heavy atom. The van der Waals surface area contributed by atoms with E-state index in [1.54, 1.807) is 0 Å². The number of carbonyl (C=O) groups excluding carboxylic acids is 2. The number of carboxylic acids is 2. The zero-order chi connectivity index (χ0) is 25.8. The van der Waals surface area contributed by atoms with E-state index in [2.05, 4.69) is 0 Å². The number of hydrogen-bond donors (Lipinski definition) is 8. The van der Waals surface area contributed by atoms with Crippen LogP contribution in [0.3, 0.4) is 0 Å². The van der Waals surface area contributed by atoms with Gasteiger partial charge in [0.2, 0.25) is 11.6 Å². The van der Waals surface area contributed by atoms with E-state index in [0.29, 0.717) is 12.2 Å². The Balaban J connectivity index is 2.49. The Bertz CT molecular complexity index is 1130. The number of hydrogen-bond acceptors (Lipinski definition) is 10. The Morgan fingerprint density at radius 2 is 0.912 bits per heavy atom. The minimum Gasteiger partial charge on any atom is -0.504 e. The molecule has 12 heteroatoms. The van der Waals surface area contributed by atoms with E-state index in [1.807, 2.05) is 0 Å². The average Bonchev–Trinajstić information content (AvgIpc) is 2.78. The van der Waals surface area contributed by atoms with E-state index in [9.17, 15) is 60.0 Å². The minimum absolute atomic E-state index is 0.00798. The highest BCUT2D eigenvalue weighted by Gasteiger charge is 2.68. The lowest BCUT2D eigenvalue weighted by molar-refractivity contribution is -0.204. The van der Waals surface area contributed by atoms with E-state index in [-0.39, 0.29) is 11.1 Å². The van der Waals surface area contributed by atoms with Crippen LogP contribution in [0.2, 0.25) is 0 Å². The van der Waals surface area contributed by atoms with Crippen LogP contribution in [0.5, 0.6) is 23.0 Å². The van der Waals surface area contributed by atoms with Crippen LogP contribution in [0.1, 0.15) is 11.1 Å². The maximum Gasteiger partial charge on any atom is 0.348 e. The van der Waals surface area contributed by atoms with Crippen LogP contribution >= 0.6 is 0 Å². The highest BCUT2D eigenvalue weighted by molar-refractivity contribution is 6.27. The largest absolute Gasteiger partial charge is 0.504 e. The third-order valence-electron chi connectivity index (χ3n) is 4.71. The van der Waals surface area contributed by atoms with E-state index >= 15 is 0 Å². The summed E-state index contributed by atoms with van der Waals surface area (Å²) in [7, 11) is 0. The molecular formula is C22H18O12. The number of rotatable bonds is 9. The van der Waals surface area contributed by atoms with Gasteiger partial charge in [0.15, 0.2) is 23.0 Å². The topological polar surface area (TPSA) is 230 Å². The lowest BCUT2D eigenvalue weighted by Crippen LogP contribution is -2.71. The van der Waals surface area contributed by atoms with Gasteiger partial charge in [-0.05, 0) is 47.5 Å². The van der Waals surface area contributed by atoms with Crippen molar-refractivity contribution in [3.05, 3.63) is 59.7 Å². The molecule has 0 radical (unpaired) electrons. The molecule has 0 saturated heterocycles. The lowest BCUT2D eigenvalue weighted by Gasteiger charge is -2.33. The van der Waals surface area contributed by atoms with Crippen molar-refractivity contribution in [3.63, 3.8) is 0 Å². The Morgan fingerprint density at radius 3 is 1.18 bits per heavy atom. The van der Waals surface area contributed by atoms with Crippen molar-refractivity contribution in [3.8, 4) is 23.0 Å². The van der Waals surface area contributed by atoms with Gasteiger partial charge in [-0.2, -0.15) is 0 Å². The Kier molecular flexibility index (Phi) is 7.10. The fraction of sp³-hybridized carbons (Fsp3) is 0.0909. The van der Waals surface area contributed by atoms with E-state index in [0.717, 1.165) is 36.4 Å². The number of benzene rings is 2. The van der Waals surface area contributed by atoms with Gasteiger partial charge < -0.3 is 40.9 Å².